The molecule has 0 radical (unpaired) electrons. The predicted octanol–water partition coefficient (Wildman–Crippen LogP) is 5.09. The Kier molecular flexibility index (Phi) is 3.35. The van der Waals surface area contributed by atoms with Crippen LogP contribution < -0.4 is 0 Å². The van der Waals surface area contributed by atoms with Gasteiger partial charge in [-0.2, -0.15) is 0 Å². The van der Waals surface area contributed by atoms with E-state index in [1.807, 2.05) is 18.2 Å². The second-order valence-corrected chi connectivity index (χ2v) is 5.81. The highest BCUT2D eigenvalue weighted by Crippen LogP contribution is 2.34. The topological polar surface area (TPSA) is 12.9 Å². The fourth-order valence-electron chi connectivity index (χ4n) is 2.56. The van der Waals surface area contributed by atoms with E-state index in [4.69, 9.17) is 11.6 Å². The summed E-state index contributed by atoms with van der Waals surface area (Å²) in [4.78, 5) is 4.39. The molecule has 1 aromatic heterocycles. The van der Waals surface area contributed by atoms with Gasteiger partial charge in [-0.15, -0.1) is 0 Å². The van der Waals surface area contributed by atoms with Gasteiger partial charge in [-0.25, -0.2) is 4.39 Å². The summed E-state index contributed by atoms with van der Waals surface area (Å²) in [6, 6.07) is 7.22. The van der Waals surface area contributed by atoms with E-state index in [1.165, 1.54) is 6.07 Å². The van der Waals surface area contributed by atoms with Gasteiger partial charge in [-0.3, -0.25) is 4.98 Å². The number of nitrogens with zero attached hydrogens (tertiary/aromatic N) is 1. The molecule has 2 aromatic rings. The van der Waals surface area contributed by atoms with Crippen LogP contribution in [0, 0.1) is 5.82 Å². The zero-order valence-electron chi connectivity index (χ0n) is 11.5. The smallest absolute Gasteiger partial charge is 0.130 e. The molecule has 1 aromatic carbocycles. The van der Waals surface area contributed by atoms with Gasteiger partial charge >= 0.3 is 0 Å². The zero-order valence-corrected chi connectivity index (χ0v) is 12.2. The first kappa shape index (κ1) is 13.3. The molecule has 3 heteroatoms. The lowest BCUT2D eigenvalue weighted by molar-refractivity contribution is 0.624. The van der Waals surface area contributed by atoms with Gasteiger partial charge in [-0.05, 0) is 40.8 Å². The van der Waals surface area contributed by atoms with Crippen molar-refractivity contribution in [3.8, 4) is 0 Å². The molecule has 0 spiro atoms. The highest BCUT2D eigenvalue weighted by molar-refractivity contribution is 6.31. The molecule has 0 unspecified atom stereocenters. The molecule has 1 heterocycles. The second-order valence-electron chi connectivity index (χ2n) is 5.40. The Morgan fingerprint density at radius 1 is 1.30 bits per heavy atom. The number of fused-ring (bicyclic) bond motifs is 1. The fraction of sp³-hybridized carbons (Fsp3) is 0.235. The average Bonchev–Trinajstić information content (AvgIpc) is 2.84. The Balaban J connectivity index is 2.03. The molecule has 0 aliphatic heterocycles. The van der Waals surface area contributed by atoms with Crippen molar-refractivity contribution in [3.63, 3.8) is 0 Å². The SMILES string of the molecule is CC(C)c1cc(C2=Cc3c(F)cccc3C2)ncc1Cl. The highest BCUT2D eigenvalue weighted by Gasteiger charge is 2.19. The molecule has 0 fully saturated rings. The van der Waals surface area contributed by atoms with Crippen LogP contribution in [0.5, 0.6) is 0 Å². The van der Waals surface area contributed by atoms with Crippen molar-refractivity contribution in [2.45, 2.75) is 26.2 Å². The molecule has 1 aliphatic rings. The van der Waals surface area contributed by atoms with E-state index in [1.54, 1.807) is 12.3 Å². The van der Waals surface area contributed by atoms with Gasteiger partial charge in [0.05, 0.1) is 10.7 Å². The Morgan fingerprint density at radius 2 is 2.10 bits per heavy atom. The standard InChI is InChI=1S/C17H15ClFN/c1-10(2)13-8-17(20-9-15(13)18)12-6-11-4-3-5-16(19)14(11)7-12/h3-5,7-10H,6H2,1-2H3. The molecule has 1 nitrogen and oxygen atoms in total. The van der Waals surface area contributed by atoms with Crippen molar-refractivity contribution < 1.29 is 4.39 Å². The van der Waals surface area contributed by atoms with Gasteiger partial charge < -0.3 is 0 Å². The van der Waals surface area contributed by atoms with Crippen molar-refractivity contribution in [2.24, 2.45) is 0 Å². The zero-order chi connectivity index (χ0) is 14.3. The van der Waals surface area contributed by atoms with Gasteiger partial charge in [0.25, 0.3) is 0 Å². The third-order valence-electron chi connectivity index (χ3n) is 3.68. The fourth-order valence-corrected chi connectivity index (χ4v) is 2.89. The van der Waals surface area contributed by atoms with Crippen LogP contribution in [-0.2, 0) is 6.42 Å². The molecule has 0 saturated carbocycles. The molecule has 0 N–H and O–H groups in total. The average molecular weight is 288 g/mol. The maximum absolute atomic E-state index is 13.8. The van der Waals surface area contributed by atoms with Crippen LogP contribution in [0.25, 0.3) is 11.6 Å². The van der Waals surface area contributed by atoms with Crippen LogP contribution in [0.3, 0.4) is 0 Å². The van der Waals surface area contributed by atoms with Gasteiger partial charge in [0.15, 0.2) is 0 Å². The third kappa shape index (κ3) is 2.25. The quantitative estimate of drug-likeness (QED) is 0.749. The van der Waals surface area contributed by atoms with Gasteiger partial charge in [0.1, 0.15) is 5.82 Å². The third-order valence-corrected chi connectivity index (χ3v) is 3.99. The van der Waals surface area contributed by atoms with Crippen LogP contribution >= 0.6 is 11.6 Å². The highest BCUT2D eigenvalue weighted by atomic mass is 35.5. The van der Waals surface area contributed by atoms with Crippen LogP contribution in [-0.4, -0.2) is 4.98 Å². The number of aromatic nitrogens is 1. The second kappa shape index (κ2) is 5.02. The summed E-state index contributed by atoms with van der Waals surface area (Å²) in [6.07, 6.45) is 4.30. The van der Waals surface area contributed by atoms with Crippen LogP contribution in [0.4, 0.5) is 4.39 Å². The molecule has 102 valence electrons. The first-order valence-electron chi connectivity index (χ1n) is 6.70. The molecule has 0 amide bonds. The lowest BCUT2D eigenvalue weighted by atomic mass is 10.0. The van der Waals surface area contributed by atoms with Crippen LogP contribution in [0.2, 0.25) is 5.02 Å². The van der Waals surface area contributed by atoms with E-state index in [9.17, 15) is 4.39 Å². The van der Waals surface area contributed by atoms with E-state index in [0.29, 0.717) is 16.5 Å². The summed E-state index contributed by atoms with van der Waals surface area (Å²) in [7, 11) is 0. The summed E-state index contributed by atoms with van der Waals surface area (Å²) >= 11 is 6.17. The summed E-state index contributed by atoms with van der Waals surface area (Å²) in [5.41, 5.74) is 4.71. The van der Waals surface area contributed by atoms with E-state index in [0.717, 1.165) is 28.8 Å². The van der Waals surface area contributed by atoms with E-state index >= 15 is 0 Å². The van der Waals surface area contributed by atoms with Crippen molar-refractivity contribution in [3.05, 3.63) is 63.7 Å². The molecule has 0 saturated heterocycles. The minimum absolute atomic E-state index is 0.171. The predicted molar refractivity (Wildman–Crippen MR) is 81.3 cm³/mol. The summed E-state index contributed by atoms with van der Waals surface area (Å²) in [5.74, 6) is 0.168. The Hall–Kier alpha value is -1.67. The molecule has 20 heavy (non-hydrogen) atoms. The first-order chi connectivity index (χ1) is 9.56. The Labute approximate surface area is 123 Å². The molecule has 1 aliphatic carbocycles. The van der Waals surface area contributed by atoms with Crippen molar-refractivity contribution >= 4 is 23.3 Å². The number of benzene rings is 1. The lowest BCUT2D eigenvalue weighted by Gasteiger charge is -2.10. The monoisotopic (exact) mass is 287 g/mol. The molecular formula is C17H15ClFN. The van der Waals surface area contributed by atoms with Crippen LogP contribution in [0.1, 0.15) is 42.1 Å². The van der Waals surface area contributed by atoms with E-state index in [2.05, 4.69) is 18.8 Å². The normalized spacial score (nSPS) is 13.6. The van der Waals surface area contributed by atoms with Crippen LogP contribution in [0.15, 0.2) is 30.5 Å². The number of hydrogen-bond acceptors (Lipinski definition) is 1. The van der Waals surface area contributed by atoms with Crippen molar-refractivity contribution in [2.75, 3.05) is 0 Å². The first-order valence-corrected chi connectivity index (χ1v) is 7.08. The maximum Gasteiger partial charge on any atom is 0.130 e. The number of hydrogen-bond donors (Lipinski definition) is 0. The number of rotatable bonds is 2. The van der Waals surface area contributed by atoms with Crippen molar-refractivity contribution in [1.29, 1.82) is 0 Å². The van der Waals surface area contributed by atoms with Gasteiger partial charge in [0, 0.05) is 18.2 Å². The minimum Gasteiger partial charge on any atom is -0.255 e. The Bertz CT molecular complexity index is 704. The summed E-state index contributed by atoms with van der Waals surface area (Å²) in [6.45, 7) is 4.20. The maximum atomic E-state index is 13.8. The molecule has 0 bridgehead atoms. The molecule has 0 atom stereocenters. The number of allylic oxidation sites excluding steroid dienone is 1. The van der Waals surface area contributed by atoms with E-state index < -0.39 is 0 Å². The number of pyridine rings is 1. The molecular weight excluding hydrogens is 273 g/mol. The minimum atomic E-state index is -0.171. The Morgan fingerprint density at radius 3 is 2.80 bits per heavy atom. The van der Waals surface area contributed by atoms with Gasteiger partial charge in [0.2, 0.25) is 0 Å². The summed E-state index contributed by atoms with van der Waals surface area (Å²) < 4.78 is 13.8. The molecule has 3 rings (SSSR count). The summed E-state index contributed by atoms with van der Waals surface area (Å²) in [5, 5.41) is 0.686. The largest absolute Gasteiger partial charge is 0.255 e. The van der Waals surface area contributed by atoms with E-state index in [-0.39, 0.29) is 5.82 Å². The van der Waals surface area contributed by atoms with Crippen molar-refractivity contribution in [1.82, 2.24) is 4.98 Å². The lowest BCUT2D eigenvalue weighted by Crippen LogP contribution is -1.96. The van der Waals surface area contributed by atoms with Gasteiger partial charge in [-0.1, -0.05) is 37.6 Å². The number of halogens is 2.